The van der Waals surface area contributed by atoms with Gasteiger partial charge >= 0.3 is 5.97 Å². The normalized spacial score (nSPS) is 28.6. The van der Waals surface area contributed by atoms with E-state index < -0.39 is 290 Å². The van der Waals surface area contributed by atoms with Gasteiger partial charge in [-0.25, -0.2) is 13.2 Å². The van der Waals surface area contributed by atoms with Crippen molar-refractivity contribution in [3.63, 3.8) is 0 Å². The van der Waals surface area contributed by atoms with Crippen molar-refractivity contribution in [3.8, 4) is 57.1 Å². The number of phenols is 3. The summed E-state index contributed by atoms with van der Waals surface area (Å²) in [5.74, 6) is -20.0. The second-order valence-electron chi connectivity index (χ2n) is 35.9. The lowest BCUT2D eigenvalue weighted by molar-refractivity contribution is -0.351. The summed E-state index contributed by atoms with van der Waals surface area (Å²) in [6.45, 7) is 7.29. The highest BCUT2D eigenvalue weighted by atomic mass is 35.5. The SMILES string of the molecule is C.CC[C@H](CC(C)C)C(=O)N[C@H]1C(=O)C[C@@H](CC(N)=O)C(=O)N[C@H]2C(=O)C[C@H]3C(=O)N[C@H](C(=O)N[C@@H](C(=O)O)c4cc(O)cc(O)c4-c4cc3ccc4O)[C@H](OC3C[C@](C)(N)[C@@H](O)[C@H](C)O3)c3ccc(c(Cl)c3)Oc3cc2cc(c3O[C@@H]2O[C@H](CO)[C@@H](O[C@@H]3O[C@H](CCCCCCCCS(=O)(=O)c4cccc5c(N(C)C)cccc45)[C@H](O)[C@H](O)[C@H]3O)[C@H](O)[C@H]2O)Oc2ccc(cc2Cl)[C@H]1O. The molecule has 0 aliphatic carbocycles. The van der Waals surface area contributed by atoms with Gasteiger partial charge in [0, 0.05) is 90.5 Å². The number of primary amides is 1. The van der Waals surface area contributed by atoms with Crippen LogP contribution in [-0.2, 0) is 71.9 Å². The number of anilines is 1. The molecule has 135 heavy (non-hydrogen) atoms. The standard InChI is InChI=1S/C94H113Cl2N7O30S.CH4/c1-8-44(29-42(2)3)87(118)101-75-61(108)33-49(36-70(97)110)88(119)99-73-48-34-66(127-63-26-23-46(77(75)111)31-56(63)95)84(132-93-82(116)80(114)85(68(41-104)130-93)133-92-81(115)79(113)78(112)65(129-92)20-13-11-9-10-12-14-28-134(124,125)69-21-16-17-51-52(69)18-15-19-58(51)103(6)7)67(35-48)128-64-27-24-47(32-57(64)96)83(131-71-40-94(5,98)86(117)43(4)126-71)76-90(121)100-74(91(122)123)55-37-50(105)38-60(107)72(55)54-30-45(22-25-59(54)106)53(39-62(73)109)89(120)102-76;/h15-19,21-27,30-32,34-35,37-38,42-44,49,53,65,68,71,73-83,85-86,92-93,104-107,111-117H,8-14,20,28-29,33,36,39-41,98H2,1-7H3,(H2,97,110)(H,99,119)(H,100,121)(H,101,118)(H,102,120)(H,122,123);1H4/t43-,44+,49-,53+,65+,68+,71?,73+,74+,75-,76-,77+,78-,79-,80+,81+,82+,83+,85+,86-,92-,93-,94-;/m0./s1. The van der Waals surface area contributed by atoms with E-state index in [1.807, 2.05) is 51.0 Å². The van der Waals surface area contributed by atoms with Gasteiger partial charge in [0.1, 0.15) is 102 Å². The zero-order valence-electron chi connectivity index (χ0n) is 74.3. The fourth-order valence-corrected chi connectivity index (χ4v) is 20.2. The van der Waals surface area contributed by atoms with Crippen LogP contribution < -0.4 is 51.8 Å². The number of halogens is 2. The molecular weight excluding hydrogens is 1820 g/mol. The van der Waals surface area contributed by atoms with Crippen molar-refractivity contribution in [2.45, 2.75) is 258 Å². The number of Topliss-reactive ketones (excluding diaryl/α,β-unsaturated/α-hetero) is 2. The minimum Gasteiger partial charge on any atom is -0.508 e. The first-order chi connectivity index (χ1) is 63.4. The number of aliphatic hydroxyl groups excluding tert-OH is 8. The van der Waals surface area contributed by atoms with E-state index in [0.29, 0.717) is 50.3 Å². The second kappa shape index (κ2) is 43.5. The van der Waals surface area contributed by atoms with Crippen molar-refractivity contribution in [2.75, 3.05) is 31.4 Å². The van der Waals surface area contributed by atoms with Crippen LogP contribution in [-0.4, -0.2) is 241 Å². The average molecular weight is 1940 g/mol. The number of carbonyl (C=O) groups excluding carboxylic acids is 7. The first-order valence-electron chi connectivity index (χ1n) is 44.3. The van der Waals surface area contributed by atoms with Gasteiger partial charge in [-0.3, -0.25) is 33.6 Å². The number of unbranched alkanes of at least 4 members (excludes halogenated alkanes) is 5. The molecule has 8 aliphatic heterocycles. The number of aliphatic hydroxyl groups is 8. The minimum atomic E-state index is -3.67. The third kappa shape index (κ3) is 23.0. The van der Waals surface area contributed by atoms with Crippen LogP contribution in [0, 0.1) is 17.8 Å². The number of ether oxygens (including phenoxy) is 8. The number of sulfone groups is 1. The van der Waals surface area contributed by atoms with Crippen molar-refractivity contribution < 1.29 is 146 Å². The fourth-order valence-electron chi connectivity index (χ4n) is 18.2. The van der Waals surface area contributed by atoms with Gasteiger partial charge in [-0.05, 0) is 134 Å². The molecule has 5 amide bonds. The number of carboxylic acids is 1. The maximum absolute atomic E-state index is 16.6. The van der Waals surface area contributed by atoms with Gasteiger partial charge in [0.2, 0.25) is 41.6 Å². The Morgan fingerprint density at radius 3 is 1.93 bits per heavy atom. The lowest BCUT2D eigenvalue weighted by Crippen LogP contribution is -2.64. The summed E-state index contributed by atoms with van der Waals surface area (Å²) in [6.07, 6.45) is -27.1. The Morgan fingerprint density at radius 1 is 0.667 bits per heavy atom. The highest BCUT2D eigenvalue weighted by Crippen LogP contribution is 2.51. The number of nitrogens with zero attached hydrogens (tertiary/aromatic N) is 1. The van der Waals surface area contributed by atoms with Crippen molar-refractivity contribution >= 4 is 96.6 Å². The lowest BCUT2D eigenvalue weighted by Gasteiger charge is -2.46. The molecule has 8 aliphatic rings. The quantitative estimate of drug-likeness (QED) is 0.0235. The van der Waals surface area contributed by atoms with E-state index >= 15 is 24.0 Å². The Morgan fingerprint density at radius 2 is 1.30 bits per heavy atom. The molecule has 732 valence electrons. The summed E-state index contributed by atoms with van der Waals surface area (Å²) in [5, 5.41) is 151. The van der Waals surface area contributed by atoms with E-state index in [2.05, 4.69) is 21.3 Å². The van der Waals surface area contributed by atoms with Gasteiger partial charge in [-0.1, -0.05) is 126 Å². The summed E-state index contributed by atoms with van der Waals surface area (Å²) in [7, 11) is 0.0897. The number of aromatic hydroxyl groups is 3. The first-order valence-corrected chi connectivity index (χ1v) is 46.7. The number of carbonyl (C=O) groups is 8. The number of nitrogens with one attached hydrogen (secondary N) is 4. The number of hydrogen-bond acceptors (Lipinski definition) is 31. The maximum Gasteiger partial charge on any atom is 0.330 e. The third-order valence-corrected chi connectivity index (χ3v) is 27.8. The number of benzene rings is 7. The molecule has 15 rings (SSSR count). The molecule has 7 aromatic rings. The topological polar surface area (TPSA) is 591 Å². The molecule has 23 atom stereocenters. The molecule has 0 aromatic heterocycles. The van der Waals surface area contributed by atoms with Crippen LogP contribution in [0.15, 0.2) is 120 Å². The number of fused-ring (bicyclic) bond motifs is 16. The van der Waals surface area contributed by atoms with Gasteiger partial charge in [0.15, 0.2) is 51.5 Å². The Bertz CT molecular complexity index is 5670. The number of hydrogen-bond donors (Lipinski definition) is 18. The Balaban J connectivity index is 0.0000164. The van der Waals surface area contributed by atoms with Gasteiger partial charge < -0.3 is 137 Å². The number of carboxylic acid groups (broad SMARTS) is 1. The third-order valence-electron chi connectivity index (χ3n) is 25.4. The van der Waals surface area contributed by atoms with Crippen LogP contribution in [0.2, 0.25) is 10.0 Å². The summed E-state index contributed by atoms with van der Waals surface area (Å²) in [5.41, 5.74) is 9.38. The molecule has 0 saturated carbocycles. The number of aliphatic carboxylic acids is 1. The Labute approximate surface area is 788 Å². The van der Waals surface area contributed by atoms with Crippen LogP contribution in [0.1, 0.15) is 184 Å². The molecular formula is C95H117Cl2N7O30S. The number of phenolic OH excluding ortho intramolecular Hbond substituents is 3. The number of ketones is 2. The van der Waals surface area contributed by atoms with Gasteiger partial charge in [-0.2, -0.15) is 0 Å². The molecule has 0 radical (unpaired) electrons. The highest BCUT2D eigenvalue weighted by Gasteiger charge is 2.53. The van der Waals surface area contributed by atoms with Crippen molar-refractivity contribution in [2.24, 2.45) is 29.2 Å². The zero-order valence-corrected chi connectivity index (χ0v) is 76.7. The lowest BCUT2D eigenvalue weighted by atomic mass is 9.84. The van der Waals surface area contributed by atoms with Crippen LogP contribution >= 0.6 is 23.2 Å². The van der Waals surface area contributed by atoms with Crippen LogP contribution in [0.3, 0.4) is 0 Å². The maximum atomic E-state index is 16.6. The van der Waals surface area contributed by atoms with Crippen molar-refractivity contribution in [1.82, 2.24) is 21.3 Å². The van der Waals surface area contributed by atoms with Gasteiger partial charge in [-0.15, -0.1) is 0 Å². The molecule has 40 heteroatoms. The molecule has 1 unspecified atom stereocenters. The largest absolute Gasteiger partial charge is 0.508 e. The van der Waals surface area contributed by atoms with Crippen molar-refractivity contribution in [1.29, 1.82) is 0 Å². The van der Waals surface area contributed by atoms with Crippen LogP contribution in [0.5, 0.6) is 46.0 Å². The number of rotatable bonds is 26. The van der Waals surface area contributed by atoms with E-state index in [9.17, 15) is 84.1 Å². The molecule has 3 fully saturated rings. The van der Waals surface area contributed by atoms with E-state index in [0.717, 1.165) is 65.7 Å². The summed E-state index contributed by atoms with van der Waals surface area (Å²) in [6, 6.07) is 16.2. The zero-order chi connectivity index (χ0) is 97.1. The predicted molar refractivity (Wildman–Crippen MR) is 488 cm³/mol. The summed E-state index contributed by atoms with van der Waals surface area (Å²) in [4.78, 5) is 123. The summed E-state index contributed by atoms with van der Waals surface area (Å²) >= 11 is 14.6. The molecule has 20 N–H and O–H groups in total. The second-order valence-corrected chi connectivity index (χ2v) is 38.8. The highest BCUT2D eigenvalue weighted by molar-refractivity contribution is 7.91. The predicted octanol–water partition coefficient (Wildman–Crippen LogP) is 7.41. The number of amides is 5. The molecule has 8 heterocycles. The fraction of sp³-hybridized carbons (Fsp3) is 0.495. The van der Waals surface area contributed by atoms with Crippen LogP contribution in [0.25, 0.3) is 21.9 Å². The molecule has 0 spiro atoms. The van der Waals surface area contributed by atoms with Crippen molar-refractivity contribution in [3.05, 3.63) is 153 Å². The summed E-state index contributed by atoms with van der Waals surface area (Å²) < 4.78 is 79.1. The average Bonchev–Trinajstić information content (AvgIpc) is 0.749. The first kappa shape index (κ1) is 103. The molecule has 11 bridgehead atoms. The Kier molecular flexibility index (Phi) is 33.3. The van der Waals surface area contributed by atoms with E-state index in [-0.39, 0.29) is 70.7 Å². The van der Waals surface area contributed by atoms with Crippen LogP contribution in [0.4, 0.5) is 5.69 Å². The minimum absolute atomic E-state index is 0. The van der Waals surface area contributed by atoms with Gasteiger partial charge in [0.05, 0.1) is 57.4 Å². The van der Waals surface area contributed by atoms with Gasteiger partial charge in [0.25, 0.3) is 0 Å². The molecule has 7 aromatic carbocycles. The number of nitrogens with two attached hydrogens (primary N) is 2. The monoisotopic (exact) mass is 1940 g/mol. The Hall–Kier alpha value is -10.5. The molecule has 37 nitrogen and oxygen atoms in total. The van der Waals surface area contributed by atoms with E-state index in [4.69, 9.17) is 72.6 Å². The van der Waals surface area contributed by atoms with E-state index in [1.165, 1.54) is 38.1 Å². The smallest absolute Gasteiger partial charge is 0.330 e. The van der Waals surface area contributed by atoms with E-state index in [1.54, 1.807) is 25.1 Å². The molecule has 3 saturated heterocycles.